The molecule has 11 heteroatoms. The summed E-state index contributed by atoms with van der Waals surface area (Å²) in [7, 11) is 0. The average Bonchev–Trinajstić information content (AvgIpc) is 3.00. The monoisotopic (exact) mass is 330 g/mol. The zero-order valence-corrected chi connectivity index (χ0v) is 11.6. The van der Waals surface area contributed by atoms with Crippen molar-refractivity contribution in [2.75, 3.05) is 0 Å². The van der Waals surface area contributed by atoms with Crippen molar-refractivity contribution >= 4 is 11.8 Å². The van der Waals surface area contributed by atoms with Crippen molar-refractivity contribution in [3.8, 4) is 0 Å². The summed E-state index contributed by atoms with van der Waals surface area (Å²) >= 11 is 0. The smallest absolute Gasteiger partial charge is 0.280 e. The largest absolute Gasteiger partial charge is 0.366 e. The van der Waals surface area contributed by atoms with Gasteiger partial charge in [0.15, 0.2) is 0 Å². The second kappa shape index (κ2) is 6.94. The fourth-order valence-corrected chi connectivity index (χ4v) is 1.58. The third-order valence-corrected chi connectivity index (χ3v) is 2.89. The highest BCUT2D eigenvalue weighted by Crippen LogP contribution is 2.24. The summed E-state index contributed by atoms with van der Waals surface area (Å²) in [5, 5.41) is 13.2. The van der Waals surface area contributed by atoms with Crippen LogP contribution < -0.4 is 11.1 Å². The van der Waals surface area contributed by atoms with Gasteiger partial charge in [0.25, 0.3) is 18.2 Å². The number of halogens is 3. The number of aromatic amines is 2. The molecule has 0 aliphatic heterocycles. The number of primary amides is 1. The van der Waals surface area contributed by atoms with Crippen LogP contribution in [0.2, 0.25) is 0 Å². The number of aromatic nitrogens is 4. The fraction of sp³-hybridized carbons (Fsp3) is 0.333. The molecule has 1 aliphatic carbocycles. The molecular weight excluding hydrogens is 317 g/mol. The molecule has 2 aromatic rings. The fourth-order valence-electron chi connectivity index (χ4n) is 1.58. The van der Waals surface area contributed by atoms with Crippen molar-refractivity contribution in [3.63, 3.8) is 0 Å². The molecule has 1 aliphatic rings. The number of rotatable bonds is 4. The minimum absolute atomic E-state index is 0.0164. The molecule has 5 N–H and O–H groups in total. The average molecular weight is 330 g/mol. The maximum Gasteiger partial charge on any atom is 0.280 e. The van der Waals surface area contributed by atoms with Gasteiger partial charge in [0.05, 0.1) is 11.8 Å². The van der Waals surface area contributed by atoms with Crippen molar-refractivity contribution in [3.05, 3.63) is 35.2 Å². The Hall–Kier alpha value is -2.85. The summed E-state index contributed by atoms with van der Waals surface area (Å²) in [4.78, 5) is 21.6. The van der Waals surface area contributed by atoms with Gasteiger partial charge < -0.3 is 11.1 Å². The van der Waals surface area contributed by atoms with Gasteiger partial charge in [0, 0.05) is 12.2 Å². The summed E-state index contributed by atoms with van der Waals surface area (Å²) < 4.78 is 37.6. The van der Waals surface area contributed by atoms with Crippen LogP contribution >= 0.6 is 0 Å². The van der Waals surface area contributed by atoms with E-state index in [1.165, 1.54) is 12.4 Å². The number of alkyl halides is 2. The van der Waals surface area contributed by atoms with E-state index >= 15 is 0 Å². The summed E-state index contributed by atoms with van der Waals surface area (Å²) in [6.45, 7) is 0. The Labute approximate surface area is 127 Å². The van der Waals surface area contributed by atoms with Crippen molar-refractivity contribution in [1.82, 2.24) is 25.7 Å². The molecule has 0 saturated heterocycles. The number of nitrogens with two attached hydrogens (primary N) is 1. The number of nitrogens with zero attached hydrogens (tertiary/aromatic N) is 2. The Bertz CT molecular complexity index is 681. The molecule has 124 valence electrons. The maximum atomic E-state index is 13.0. The predicted molar refractivity (Wildman–Crippen MR) is 71.1 cm³/mol. The van der Waals surface area contributed by atoms with E-state index in [0.29, 0.717) is 5.56 Å². The van der Waals surface area contributed by atoms with E-state index in [1.54, 1.807) is 0 Å². The van der Waals surface area contributed by atoms with Gasteiger partial charge in [0.1, 0.15) is 11.3 Å². The van der Waals surface area contributed by atoms with E-state index in [2.05, 4.69) is 20.6 Å². The van der Waals surface area contributed by atoms with E-state index in [9.17, 15) is 22.8 Å². The zero-order valence-electron chi connectivity index (χ0n) is 11.6. The van der Waals surface area contributed by atoms with Crippen LogP contribution in [0, 0.1) is 5.95 Å². The van der Waals surface area contributed by atoms with E-state index in [-0.39, 0.29) is 6.04 Å². The van der Waals surface area contributed by atoms with Crippen molar-refractivity contribution in [2.24, 2.45) is 5.73 Å². The van der Waals surface area contributed by atoms with Crippen LogP contribution in [0.1, 0.15) is 45.7 Å². The molecule has 2 amide bonds. The quantitative estimate of drug-likeness (QED) is 0.663. The van der Waals surface area contributed by atoms with Crippen LogP contribution in [0.5, 0.6) is 0 Å². The van der Waals surface area contributed by atoms with Gasteiger partial charge in [-0.05, 0) is 12.8 Å². The lowest BCUT2D eigenvalue weighted by Gasteiger charge is -2.03. The normalized spacial score (nSPS) is 13.4. The molecule has 1 saturated carbocycles. The van der Waals surface area contributed by atoms with Gasteiger partial charge in [-0.2, -0.15) is 9.49 Å². The maximum absolute atomic E-state index is 13.0. The minimum atomic E-state index is -2.94. The highest BCUT2D eigenvalue weighted by molar-refractivity contribution is 5.95. The molecule has 0 bridgehead atoms. The van der Waals surface area contributed by atoms with E-state index in [1.807, 2.05) is 5.10 Å². The van der Waals surface area contributed by atoms with Crippen LogP contribution in [0.3, 0.4) is 0 Å². The Morgan fingerprint density at radius 1 is 1.39 bits per heavy atom. The molecule has 1 fully saturated rings. The third-order valence-electron chi connectivity index (χ3n) is 2.89. The van der Waals surface area contributed by atoms with Crippen molar-refractivity contribution in [1.29, 1.82) is 0 Å². The first kappa shape index (κ1) is 16.5. The van der Waals surface area contributed by atoms with E-state index in [0.717, 1.165) is 12.8 Å². The lowest BCUT2D eigenvalue weighted by Crippen LogP contribution is -2.26. The number of nitrogens with one attached hydrogen (secondary N) is 3. The molecule has 8 nitrogen and oxygen atoms in total. The third kappa shape index (κ3) is 4.31. The van der Waals surface area contributed by atoms with Gasteiger partial charge in [0.2, 0.25) is 5.95 Å². The van der Waals surface area contributed by atoms with Gasteiger partial charge in [-0.25, -0.2) is 8.78 Å². The Balaban J connectivity index is 0.000000203. The Kier molecular flexibility index (Phi) is 4.98. The highest BCUT2D eigenvalue weighted by atomic mass is 19.3. The van der Waals surface area contributed by atoms with Crippen LogP contribution in [0.25, 0.3) is 0 Å². The Morgan fingerprint density at radius 2 is 2.09 bits per heavy atom. The molecule has 3 rings (SSSR count). The topological polar surface area (TPSA) is 130 Å². The first-order valence-electron chi connectivity index (χ1n) is 6.51. The Morgan fingerprint density at radius 3 is 2.52 bits per heavy atom. The molecule has 2 aromatic heterocycles. The number of carbonyl (C=O) groups excluding carboxylic acids is 2. The standard InChI is InChI=1S/C8H8F3N3O.C4H5N3O/c9-6(10)5-4(7(11)14-13-5)8(15)12-3-1-2-3;5-4(8)3-1-6-7-2-3/h3,6H,1-2H2,(H,12,15)(H,13,14);1-2H,(H2,5,8)(H,6,7). The van der Waals surface area contributed by atoms with Gasteiger partial charge in [-0.3, -0.25) is 19.8 Å². The SMILES string of the molecule is NC(=O)c1cn[nH]c1.O=C(NC1CC1)c1c(F)n[nH]c1C(F)F. The molecule has 0 unspecified atom stereocenters. The lowest BCUT2D eigenvalue weighted by atomic mass is 10.2. The summed E-state index contributed by atoms with van der Waals surface area (Å²) in [6, 6.07) is -0.0164. The molecule has 0 atom stereocenters. The van der Waals surface area contributed by atoms with Crippen LogP contribution in [0.4, 0.5) is 13.2 Å². The summed E-state index contributed by atoms with van der Waals surface area (Å²) in [6.07, 6.45) is 1.48. The van der Waals surface area contributed by atoms with Crippen LogP contribution in [0.15, 0.2) is 12.4 Å². The zero-order chi connectivity index (χ0) is 17.0. The van der Waals surface area contributed by atoms with Crippen molar-refractivity contribution < 1.29 is 22.8 Å². The second-order valence-electron chi connectivity index (χ2n) is 4.70. The molecule has 2 heterocycles. The van der Waals surface area contributed by atoms with Gasteiger partial charge in [-0.15, -0.1) is 5.10 Å². The van der Waals surface area contributed by atoms with E-state index < -0.39 is 35.4 Å². The number of amides is 2. The molecule has 23 heavy (non-hydrogen) atoms. The molecule has 0 aromatic carbocycles. The van der Waals surface area contributed by atoms with Crippen LogP contribution in [-0.2, 0) is 0 Å². The first-order chi connectivity index (χ1) is 10.9. The number of hydrogen-bond donors (Lipinski definition) is 4. The number of hydrogen-bond acceptors (Lipinski definition) is 4. The van der Waals surface area contributed by atoms with Crippen molar-refractivity contribution in [2.45, 2.75) is 25.3 Å². The van der Waals surface area contributed by atoms with Crippen LogP contribution in [-0.4, -0.2) is 38.3 Å². The minimum Gasteiger partial charge on any atom is -0.366 e. The van der Waals surface area contributed by atoms with Gasteiger partial charge >= 0.3 is 0 Å². The number of carbonyl (C=O) groups is 2. The molecule has 0 spiro atoms. The molecular formula is C12H13F3N6O2. The summed E-state index contributed by atoms with van der Waals surface area (Å²) in [5.74, 6) is -2.48. The molecule has 0 radical (unpaired) electrons. The lowest BCUT2D eigenvalue weighted by molar-refractivity contribution is 0.0931. The highest BCUT2D eigenvalue weighted by Gasteiger charge is 2.30. The second-order valence-corrected chi connectivity index (χ2v) is 4.70. The predicted octanol–water partition coefficient (Wildman–Crippen LogP) is 0.887. The van der Waals surface area contributed by atoms with E-state index in [4.69, 9.17) is 5.73 Å². The number of H-pyrrole nitrogens is 2. The van der Waals surface area contributed by atoms with Gasteiger partial charge in [-0.1, -0.05) is 0 Å². The first-order valence-corrected chi connectivity index (χ1v) is 6.51. The summed E-state index contributed by atoms with van der Waals surface area (Å²) in [5.41, 5.74) is 3.81.